The maximum atomic E-state index is 12.3. The molecular weight excluding hydrogens is 416 g/mol. The van der Waals surface area contributed by atoms with E-state index in [2.05, 4.69) is 6.92 Å². The van der Waals surface area contributed by atoms with E-state index in [1.807, 2.05) is 13.0 Å². The normalized spacial score (nSPS) is 44.2. The number of fused-ring (bicyclic) bond motifs is 1. The van der Waals surface area contributed by atoms with Crippen molar-refractivity contribution in [2.75, 3.05) is 19.8 Å². The smallest absolute Gasteiger partial charge is 0.337 e. The lowest BCUT2D eigenvalue weighted by atomic mass is 9.45. The molecule has 4 fully saturated rings. The van der Waals surface area contributed by atoms with Crippen molar-refractivity contribution < 1.29 is 38.4 Å². The van der Waals surface area contributed by atoms with Gasteiger partial charge in [0.2, 0.25) is 0 Å². The van der Waals surface area contributed by atoms with Crippen molar-refractivity contribution in [2.24, 2.45) is 22.7 Å². The number of cyclic esters (lactones) is 1. The molecule has 1 N–H and O–H groups in total. The zero-order valence-electron chi connectivity index (χ0n) is 19.3. The van der Waals surface area contributed by atoms with Gasteiger partial charge in [0.1, 0.15) is 12.7 Å². The number of carbonyl (C=O) groups is 3. The van der Waals surface area contributed by atoms with E-state index < -0.39 is 23.5 Å². The van der Waals surface area contributed by atoms with Crippen LogP contribution in [-0.4, -0.2) is 60.6 Å². The molecule has 32 heavy (non-hydrogen) atoms. The molecule has 7 atom stereocenters. The van der Waals surface area contributed by atoms with Gasteiger partial charge in [0.15, 0.2) is 6.10 Å². The van der Waals surface area contributed by atoms with Crippen molar-refractivity contribution >= 4 is 17.9 Å². The SMILES string of the molecule is CC(=O)O[C@@H]1COC(=O)C1=CCC1[C@]2(CCC3[C@]1(C)CC[C@@H](OC(C)=O)[C@@]3(C)CO)CO2. The molecule has 2 heterocycles. The number of aliphatic hydroxyl groups is 1. The third-order valence-electron chi connectivity index (χ3n) is 8.55. The van der Waals surface area contributed by atoms with E-state index in [0.29, 0.717) is 25.0 Å². The molecule has 4 aliphatic rings. The van der Waals surface area contributed by atoms with E-state index in [1.165, 1.54) is 13.8 Å². The Bertz CT molecular complexity index is 830. The molecular formula is C24H34O8. The van der Waals surface area contributed by atoms with Crippen LogP contribution in [0.4, 0.5) is 0 Å². The Labute approximate surface area is 188 Å². The van der Waals surface area contributed by atoms with Crippen LogP contribution < -0.4 is 0 Å². The number of epoxide rings is 1. The van der Waals surface area contributed by atoms with Crippen LogP contribution in [0.15, 0.2) is 11.6 Å². The minimum Gasteiger partial charge on any atom is -0.462 e. The van der Waals surface area contributed by atoms with E-state index in [9.17, 15) is 19.5 Å². The summed E-state index contributed by atoms with van der Waals surface area (Å²) in [5.74, 6) is -0.965. The maximum Gasteiger partial charge on any atom is 0.337 e. The van der Waals surface area contributed by atoms with Gasteiger partial charge in [-0.05, 0) is 49.4 Å². The lowest BCUT2D eigenvalue weighted by Crippen LogP contribution is -2.61. The summed E-state index contributed by atoms with van der Waals surface area (Å²) in [6, 6.07) is 0. The third kappa shape index (κ3) is 3.75. The number of aliphatic hydroxyl groups excluding tert-OH is 1. The fourth-order valence-electron chi connectivity index (χ4n) is 6.91. The quantitative estimate of drug-likeness (QED) is 0.294. The Kier molecular flexibility index (Phi) is 5.91. The molecule has 0 aromatic heterocycles. The van der Waals surface area contributed by atoms with Crippen LogP contribution in [0.1, 0.15) is 59.8 Å². The molecule has 1 spiro atoms. The highest BCUT2D eigenvalue weighted by Gasteiger charge is 2.67. The molecule has 2 aliphatic heterocycles. The van der Waals surface area contributed by atoms with Crippen molar-refractivity contribution in [3.8, 4) is 0 Å². The van der Waals surface area contributed by atoms with Crippen molar-refractivity contribution in [1.29, 1.82) is 0 Å². The first kappa shape index (κ1) is 23.2. The minimum absolute atomic E-state index is 0.0447. The number of hydrogen-bond donors (Lipinski definition) is 1. The molecule has 0 amide bonds. The van der Waals surface area contributed by atoms with E-state index in [0.717, 1.165) is 19.3 Å². The molecule has 2 unspecified atom stereocenters. The van der Waals surface area contributed by atoms with Gasteiger partial charge in [0.25, 0.3) is 0 Å². The van der Waals surface area contributed by atoms with E-state index in [4.69, 9.17) is 18.9 Å². The van der Waals surface area contributed by atoms with Crippen LogP contribution in [0.2, 0.25) is 0 Å². The number of rotatable bonds is 5. The molecule has 2 aliphatic carbocycles. The van der Waals surface area contributed by atoms with Gasteiger partial charge in [-0.2, -0.15) is 0 Å². The number of ether oxygens (including phenoxy) is 4. The molecule has 2 saturated heterocycles. The van der Waals surface area contributed by atoms with Gasteiger partial charge in [0.05, 0.1) is 24.4 Å². The maximum absolute atomic E-state index is 12.3. The van der Waals surface area contributed by atoms with Gasteiger partial charge in [-0.3, -0.25) is 9.59 Å². The largest absolute Gasteiger partial charge is 0.462 e. The molecule has 0 radical (unpaired) electrons. The second-order valence-corrected chi connectivity index (χ2v) is 10.4. The summed E-state index contributed by atoms with van der Waals surface area (Å²) in [6.07, 6.45) is 4.71. The average Bonchev–Trinajstić information content (AvgIpc) is 3.41. The lowest BCUT2D eigenvalue weighted by Gasteiger charge is -2.61. The second-order valence-electron chi connectivity index (χ2n) is 10.4. The summed E-state index contributed by atoms with van der Waals surface area (Å²) in [5.41, 5.74) is -0.556. The molecule has 178 valence electrons. The highest BCUT2D eigenvalue weighted by Crippen LogP contribution is 2.66. The first-order valence-electron chi connectivity index (χ1n) is 11.5. The van der Waals surface area contributed by atoms with Crippen LogP contribution in [0.5, 0.6) is 0 Å². The van der Waals surface area contributed by atoms with Crippen LogP contribution in [0.25, 0.3) is 0 Å². The van der Waals surface area contributed by atoms with Gasteiger partial charge < -0.3 is 24.1 Å². The van der Waals surface area contributed by atoms with Gasteiger partial charge in [-0.15, -0.1) is 0 Å². The fraction of sp³-hybridized carbons (Fsp3) is 0.792. The summed E-state index contributed by atoms with van der Waals surface area (Å²) in [5, 5.41) is 10.4. The average molecular weight is 451 g/mol. The van der Waals surface area contributed by atoms with Crippen molar-refractivity contribution in [3.05, 3.63) is 11.6 Å². The molecule has 4 rings (SSSR count). The van der Waals surface area contributed by atoms with Crippen LogP contribution in [0.3, 0.4) is 0 Å². The summed E-state index contributed by atoms with van der Waals surface area (Å²) in [4.78, 5) is 35.4. The zero-order chi connectivity index (χ0) is 23.3. The summed E-state index contributed by atoms with van der Waals surface area (Å²) in [6.45, 7) is 7.67. The number of allylic oxidation sites excluding steroid dienone is 1. The Morgan fingerprint density at radius 3 is 2.44 bits per heavy atom. The predicted molar refractivity (Wildman–Crippen MR) is 112 cm³/mol. The lowest BCUT2D eigenvalue weighted by molar-refractivity contribution is -0.196. The number of esters is 3. The first-order valence-corrected chi connectivity index (χ1v) is 11.5. The summed E-state index contributed by atoms with van der Waals surface area (Å²) in [7, 11) is 0. The molecule has 2 saturated carbocycles. The molecule has 0 bridgehead atoms. The monoisotopic (exact) mass is 450 g/mol. The topological polar surface area (TPSA) is 112 Å². The molecule has 0 aromatic rings. The zero-order valence-corrected chi connectivity index (χ0v) is 19.3. The Morgan fingerprint density at radius 2 is 1.84 bits per heavy atom. The summed E-state index contributed by atoms with van der Waals surface area (Å²) >= 11 is 0. The number of carbonyl (C=O) groups excluding carboxylic acids is 3. The fourth-order valence-corrected chi connectivity index (χ4v) is 6.91. The Balaban J connectivity index is 1.63. The highest BCUT2D eigenvalue weighted by atomic mass is 16.6. The molecule has 8 heteroatoms. The highest BCUT2D eigenvalue weighted by molar-refractivity contribution is 5.92. The van der Waals surface area contributed by atoms with Crippen molar-refractivity contribution in [1.82, 2.24) is 0 Å². The molecule has 0 aromatic carbocycles. The van der Waals surface area contributed by atoms with Crippen molar-refractivity contribution in [2.45, 2.75) is 77.6 Å². The first-order chi connectivity index (χ1) is 15.1. The predicted octanol–water partition coefficient (Wildman–Crippen LogP) is 2.32. The number of hydrogen-bond acceptors (Lipinski definition) is 8. The van der Waals surface area contributed by atoms with Crippen LogP contribution in [0, 0.1) is 22.7 Å². The standard InChI is InChI=1S/C24H34O8/c1-14(26)31-17-11-29-21(28)16(17)5-6-19-22(3)9-8-20(32-15(2)27)23(4,12-25)18(22)7-10-24(19)13-30-24/h5,17-20,25H,6-13H2,1-4H3/t17-,18?,19?,20-,22+,23+,24+/m1/s1. The molecule has 8 nitrogen and oxygen atoms in total. The van der Waals surface area contributed by atoms with Crippen LogP contribution in [-0.2, 0) is 33.3 Å². The second kappa shape index (κ2) is 8.13. The Morgan fingerprint density at radius 1 is 1.16 bits per heavy atom. The summed E-state index contributed by atoms with van der Waals surface area (Å²) < 4.78 is 22.1. The van der Waals surface area contributed by atoms with Gasteiger partial charge in [0, 0.05) is 19.3 Å². The van der Waals surface area contributed by atoms with Gasteiger partial charge in [-0.1, -0.05) is 19.9 Å². The van der Waals surface area contributed by atoms with E-state index >= 15 is 0 Å². The Hall–Kier alpha value is -1.93. The third-order valence-corrected chi connectivity index (χ3v) is 8.55. The van der Waals surface area contributed by atoms with Crippen LogP contribution >= 0.6 is 0 Å². The van der Waals surface area contributed by atoms with E-state index in [-0.39, 0.29) is 48.1 Å². The van der Waals surface area contributed by atoms with Crippen molar-refractivity contribution in [3.63, 3.8) is 0 Å². The van der Waals surface area contributed by atoms with Gasteiger partial charge in [-0.25, -0.2) is 4.79 Å². The van der Waals surface area contributed by atoms with Gasteiger partial charge >= 0.3 is 17.9 Å². The minimum atomic E-state index is -0.675. The van der Waals surface area contributed by atoms with E-state index in [1.54, 1.807) is 0 Å².